The zero-order valence-electron chi connectivity index (χ0n) is 17.8. The lowest BCUT2D eigenvalue weighted by atomic mass is 10.1. The predicted molar refractivity (Wildman–Crippen MR) is 119 cm³/mol. The Kier molecular flexibility index (Phi) is 7.70. The van der Waals surface area contributed by atoms with Crippen molar-refractivity contribution in [1.82, 2.24) is 14.9 Å². The molecule has 0 spiro atoms. The van der Waals surface area contributed by atoms with E-state index in [0.29, 0.717) is 12.8 Å². The summed E-state index contributed by atoms with van der Waals surface area (Å²) in [6.07, 6.45) is 2.54. The summed E-state index contributed by atoms with van der Waals surface area (Å²) in [4.78, 5) is 17.7. The van der Waals surface area contributed by atoms with Crippen molar-refractivity contribution in [3.05, 3.63) is 78.4 Å². The summed E-state index contributed by atoms with van der Waals surface area (Å²) in [6, 6.07) is 18.3. The minimum Gasteiger partial charge on any atom is -0.356 e. The molecule has 0 aliphatic rings. The number of hydrogen-bond acceptors (Lipinski definition) is 5. The average molecular weight is 423 g/mol. The van der Waals surface area contributed by atoms with Gasteiger partial charge in [-0.25, -0.2) is 10.0 Å². The molecule has 1 aromatic heterocycles. The molecule has 0 bridgehead atoms. The van der Waals surface area contributed by atoms with E-state index in [1.54, 1.807) is 6.07 Å². The van der Waals surface area contributed by atoms with Gasteiger partial charge in [0.05, 0.1) is 6.54 Å². The number of halogens is 1. The van der Waals surface area contributed by atoms with E-state index >= 15 is 0 Å². The summed E-state index contributed by atoms with van der Waals surface area (Å²) in [7, 11) is 3.91. The van der Waals surface area contributed by atoms with Crippen LogP contribution in [0.15, 0.2) is 66.9 Å². The molecule has 1 heterocycles. The molecule has 0 saturated heterocycles. The maximum absolute atomic E-state index is 13.0. The van der Waals surface area contributed by atoms with Crippen LogP contribution < -0.4 is 5.32 Å². The zero-order valence-corrected chi connectivity index (χ0v) is 17.8. The van der Waals surface area contributed by atoms with Gasteiger partial charge < -0.3 is 10.2 Å². The number of nitrogens with one attached hydrogen (secondary N) is 1. The van der Waals surface area contributed by atoms with Crippen LogP contribution in [0.25, 0.3) is 11.1 Å². The van der Waals surface area contributed by atoms with Gasteiger partial charge in [-0.15, -0.1) is 0 Å². The molecule has 0 radical (unpaired) electrons. The summed E-state index contributed by atoms with van der Waals surface area (Å²) >= 11 is 0. The van der Waals surface area contributed by atoms with E-state index in [1.807, 2.05) is 67.5 Å². The Morgan fingerprint density at radius 2 is 1.58 bits per heavy atom. The van der Waals surface area contributed by atoms with Crippen molar-refractivity contribution in [1.29, 1.82) is 0 Å². The van der Waals surface area contributed by atoms with E-state index in [0.717, 1.165) is 39.7 Å². The Morgan fingerprint density at radius 1 is 0.968 bits per heavy atom. The number of anilines is 2. The quantitative estimate of drug-likeness (QED) is 0.297. The van der Waals surface area contributed by atoms with Gasteiger partial charge in [0, 0.05) is 29.6 Å². The first-order chi connectivity index (χ1) is 14.9. The van der Waals surface area contributed by atoms with Crippen molar-refractivity contribution in [3.8, 4) is 11.1 Å². The van der Waals surface area contributed by atoms with Gasteiger partial charge in [-0.1, -0.05) is 24.3 Å². The summed E-state index contributed by atoms with van der Waals surface area (Å²) in [5.41, 5.74) is 4.44. The maximum atomic E-state index is 13.0. The van der Waals surface area contributed by atoms with E-state index in [4.69, 9.17) is 0 Å². The number of aromatic nitrogens is 1. The molecule has 31 heavy (non-hydrogen) atoms. The molecule has 3 aromatic rings. The van der Waals surface area contributed by atoms with E-state index in [2.05, 4.69) is 10.3 Å². The number of amides is 1. The highest BCUT2D eigenvalue weighted by Crippen LogP contribution is 2.23. The van der Waals surface area contributed by atoms with Gasteiger partial charge in [0.25, 0.3) is 0 Å². The van der Waals surface area contributed by atoms with Crippen LogP contribution >= 0.6 is 0 Å². The van der Waals surface area contributed by atoms with Gasteiger partial charge in [-0.2, -0.15) is 4.39 Å². The Labute approximate surface area is 181 Å². The molecule has 7 heteroatoms. The van der Waals surface area contributed by atoms with Gasteiger partial charge in [0.2, 0.25) is 11.9 Å². The second-order valence-electron chi connectivity index (χ2n) is 7.63. The SMILES string of the molecule is CN(C)CCCC(=O)N(O)Cc1ccc(Nc2ccc(-c3ccc(F)nc3)cc2)cc1. The lowest BCUT2D eigenvalue weighted by Gasteiger charge is -2.16. The standard InChI is InChI=1S/C24H27FN4O2/c1-28(2)15-3-4-24(30)29(31)17-18-5-10-21(11-6-18)27-22-12-7-19(8-13-22)20-9-14-23(25)26-16-20/h5-14,16,27,31H,3-4,15,17H2,1-2H3. The van der Waals surface area contributed by atoms with Gasteiger partial charge in [0.15, 0.2) is 0 Å². The molecule has 0 aliphatic carbocycles. The first kappa shape index (κ1) is 22.4. The molecule has 1 amide bonds. The topological polar surface area (TPSA) is 68.7 Å². The van der Waals surface area contributed by atoms with E-state index < -0.39 is 5.95 Å². The maximum Gasteiger partial charge on any atom is 0.246 e. The largest absolute Gasteiger partial charge is 0.356 e. The minimum atomic E-state index is -0.497. The van der Waals surface area contributed by atoms with Gasteiger partial charge in [-0.3, -0.25) is 10.0 Å². The van der Waals surface area contributed by atoms with Gasteiger partial charge >= 0.3 is 0 Å². The molecular weight excluding hydrogens is 395 g/mol. The highest BCUT2D eigenvalue weighted by molar-refractivity contribution is 5.75. The first-order valence-corrected chi connectivity index (χ1v) is 10.1. The molecule has 162 valence electrons. The summed E-state index contributed by atoms with van der Waals surface area (Å²) < 4.78 is 13.0. The van der Waals surface area contributed by atoms with Gasteiger partial charge in [-0.05, 0) is 74.6 Å². The van der Waals surface area contributed by atoms with Crippen molar-refractivity contribution >= 4 is 17.3 Å². The van der Waals surface area contributed by atoms with E-state index in [1.165, 1.54) is 12.3 Å². The van der Waals surface area contributed by atoms with Crippen molar-refractivity contribution in [2.75, 3.05) is 26.0 Å². The number of carbonyl (C=O) groups is 1. The zero-order chi connectivity index (χ0) is 22.2. The third kappa shape index (κ3) is 6.87. The number of benzene rings is 2. The first-order valence-electron chi connectivity index (χ1n) is 10.1. The highest BCUT2D eigenvalue weighted by atomic mass is 19.1. The van der Waals surface area contributed by atoms with Gasteiger partial charge in [0.1, 0.15) is 0 Å². The van der Waals surface area contributed by atoms with Crippen molar-refractivity contribution in [2.24, 2.45) is 0 Å². The average Bonchev–Trinajstić information content (AvgIpc) is 2.76. The molecular formula is C24H27FN4O2. The summed E-state index contributed by atoms with van der Waals surface area (Å²) in [5, 5.41) is 14.1. The summed E-state index contributed by atoms with van der Waals surface area (Å²) in [5.74, 6) is -0.774. The number of pyridine rings is 1. The summed E-state index contributed by atoms with van der Waals surface area (Å²) in [6.45, 7) is 0.962. The fraction of sp³-hybridized carbons (Fsp3) is 0.250. The van der Waals surface area contributed by atoms with Crippen molar-refractivity contribution < 1.29 is 14.4 Å². The molecule has 0 unspecified atom stereocenters. The van der Waals surface area contributed by atoms with Crippen molar-refractivity contribution in [2.45, 2.75) is 19.4 Å². The Morgan fingerprint density at radius 3 is 2.16 bits per heavy atom. The van der Waals surface area contributed by atoms with Crippen LogP contribution in [-0.4, -0.2) is 46.7 Å². The van der Waals surface area contributed by atoms with Crippen LogP contribution in [0.2, 0.25) is 0 Å². The fourth-order valence-electron chi connectivity index (χ4n) is 3.09. The van der Waals surface area contributed by atoms with Crippen LogP contribution in [0.1, 0.15) is 18.4 Å². The fourth-order valence-corrected chi connectivity index (χ4v) is 3.09. The van der Waals surface area contributed by atoms with E-state index in [9.17, 15) is 14.4 Å². The molecule has 0 aliphatic heterocycles. The number of nitrogens with zero attached hydrogens (tertiary/aromatic N) is 3. The van der Waals surface area contributed by atoms with Crippen LogP contribution in [-0.2, 0) is 11.3 Å². The number of rotatable bonds is 9. The second-order valence-corrected chi connectivity index (χ2v) is 7.63. The molecule has 2 aromatic carbocycles. The lowest BCUT2D eigenvalue weighted by Crippen LogP contribution is -2.27. The Bertz CT molecular complexity index is 974. The molecule has 0 saturated carbocycles. The monoisotopic (exact) mass is 422 g/mol. The van der Waals surface area contributed by atoms with Crippen LogP contribution in [0.3, 0.4) is 0 Å². The minimum absolute atomic E-state index is 0.154. The second kappa shape index (κ2) is 10.7. The van der Waals surface area contributed by atoms with Crippen LogP contribution in [0.4, 0.5) is 15.8 Å². The third-order valence-electron chi connectivity index (χ3n) is 4.80. The van der Waals surface area contributed by atoms with Crippen LogP contribution in [0, 0.1) is 5.95 Å². The third-order valence-corrected chi connectivity index (χ3v) is 4.80. The van der Waals surface area contributed by atoms with Crippen molar-refractivity contribution in [3.63, 3.8) is 0 Å². The lowest BCUT2D eigenvalue weighted by molar-refractivity contribution is -0.168. The molecule has 0 atom stereocenters. The molecule has 2 N–H and O–H groups in total. The molecule has 3 rings (SSSR count). The molecule has 0 fully saturated rings. The van der Waals surface area contributed by atoms with E-state index in [-0.39, 0.29) is 12.5 Å². The molecule has 6 nitrogen and oxygen atoms in total. The Hall–Kier alpha value is -3.29. The number of hydroxylamine groups is 2. The number of hydrogen-bond donors (Lipinski definition) is 2. The smallest absolute Gasteiger partial charge is 0.246 e. The predicted octanol–water partition coefficient (Wildman–Crippen LogP) is 4.69. The normalized spacial score (nSPS) is 10.9. The number of carbonyl (C=O) groups excluding carboxylic acids is 1. The highest BCUT2D eigenvalue weighted by Gasteiger charge is 2.11. The van der Waals surface area contributed by atoms with Crippen LogP contribution in [0.5, 0.6) is 0 Å². The Balaban J connectivity index is 1.53.